The lowest BCUT2D eigenvalue weighted by Crippen LogP contribution is -2.06. The van der Waals surface area contributed by atoms with Gasteiger partial charge >= 0.3 is 5.97 Å². The fourth-order valence-electron chi connectivity index (χ4n) is 1.88. The molecule has 0 aromatic heterocycles. The number of carbonyl (C=O) groups excluding carboxylic acids is 1. The predicted octanol–water partition coefficient (Wildman–Crippen LogP) is 2.25. The molecular formula is C13H14O3. The number of carbonyl (C=O) groups is 1. The molecule has 1 aromatic carbocycles. The van der Waals surface area contributed by atoms with Crippen molar-refractivity contribution in [3.05, 3.63) is 47.0 Å². The second-order valence-corrected chi connectivity index (χ2v) is 3.75. The van der Waals surface area contributed by atoms with Crippen LogP contribution in [-0.4, -0.2) is 19.7 Å². The highest BCUT2D eigenvalue weighted by molar-refractivity contribution is 5.90. The summed E-state index contributed by atoms with van der Waals surface area (Å²) in [5.74, 6) is -0.295. The van der Waals surface area contributed by atoms with Crippen LogP contribution in [0.1, 0.15) is 18.6 Å². The van der Waals surface area contributed by atoms with Crippen molar-refractivity contribution in [2.75, 3.05) is 13.7 Å². The van der Waals surface area contributed by atoms with Gasteiger partial charge < -0.3 is 9.47 Å². The van der Waals surface area contributed by atoms with E-state index >= 15 is 0 Å². The summed E-state index contributed by atoms with van der Waals surface area (Å²) >= 11 is 0. The molecular weight excluding hydrogens is 204 g/mol. The molecule has 2 rings (SSSR count). The minimum atomic E-state index is -0.295. The average molecular weight is 218 g/mol. The van der Waals surface area contributed by atoms with E-state index in [1.165, 1.54) is 7.11 Å². The van der Waals surface area contributed by atoms with Crippen LogP contribution >= 0.6 is 0 Å². The second kappa shape index (κ2) is 4.49. The summed E-state index contributed by atoms with van der Waals surface area (Å²) in [6.07, 6.45) is -0.115. The molecule has 0 saturated carbocycles. The van der Waals surface area contributed by atoms with E-state index in [0.717, 1.165) is 11.1 Å². The lowest BCUT2D eigenvalue weighted by Gasteiger charge is -2.11. The van der Waals surface area contributed by atoms with Gasteiger partial charge in [-0.25, -0.2) is 4.79 Å². The fraction of sp³-hybridized carbons (Fsp3) is 0.308. The molecule has 3 heteroatoms. The Balaban J connectivity index is 2.28. The van der Waals surface area contributed by atoms with Crippen LogP contribution in [0.3, 0.4) is 0 Å². The van der Waals surface area contributed by atoms with Gasteiger partial charge in [0.1, 0.15) is 6.10 Å². The quantitative estimate of drug-likeness (QED) is 0.714. The van der Waals surface area contributed by atoms with Crippen molar-refractivity contribution >= 4 is 5.97 Å². The highest BCUT2D eigenvalue weighted by atomic mass is 16.5. The van der Waals surface area contributed by atoms with Crippen molar-refractivity contribution in [2.24, 2.45) is 0 Å². The summed E-state index contributed by atoms with van der Waals surface area (Å²) in [4.78, 5) is 11.4. The van der Waals surface area contributed by atoms with E-state index in [1.807, 2.05) is 37.3 Å². The lowest BCUT2D eigenvalue weighted by molar-refractivity contribution is -0.136. The normalized spacial score (nSPS) is 20.0. The molecule has 0 fully saturated rings. The van der Waals surface area contributed by atoms with Gasteiger partial charge in [0.05, 0.1) is 19.3 Å². The van der Waals surface area contributed by atoms with Crippen molar-refractivity contribution < 1.29 is 14.3 Å². The van der Waals surface area contributed by atoms with E-state index in [9.17, 15) is 4.79 Å². The van der Waals surface area contributed by atoms with Gasteiger partial charge in [0, 0.05) is 0 Å². The van der Waals surface area contributed by atoms with Crippen molar-refractivity contribution in [3.8, 4) is 0 Å². The molecule has 0 amide bonds. The Kier molecular flexibility index (Phi) is 3.06. The summed E-state index contributed by atoms with van der Waals surface area (Å²) in [6, 6.07) is 9.87. The number of methoxy groups -OCH3 is 1. The number of rotatable bonds is 2. The number of esters is 1. The average Bonchev–Trinajstić information content (AvgIpc) is 2.71. The number of hydrogen-bond donors (Lipinski definition) is 0. The molecule has 1 unspecified atom stereocenters. The Morgan fingerprint density at radius 1 is 1.38 bits per heavy atom. The van der Waals surface area contributed by atoms with Crippen LogP contribution in [0.15, 0.2) is 41.5 Å². The smallest absolute Gasteiger partial charge is 0.336 e. The van der Waals surface area contributed by atoms with Gasteiger partial charge in [0.25, 0.3) is 0 Å². The molecule has 1 aliphatic heterocycles. The molecule has 0 radical (unpaired) electrons. The van der Waals surface area contributed by atoms with E-state index in [-0.39, 0.29) is 12.1 Å². The Bertz CT molecular complexity index is 420. The third-order valence-corrected chi connectivity index (χ3v) is 2.80. The van der Waals surface area contributed by atoms with E-state index in [0.29, 0.717) is 12.2 Å². The maximum Gasteiger partial charge on any atom is 0.336 e. The van der Waals surface area contributed by atoms with Crippen LogP contribution in [0.4, 0.5) is 0 Å². The Morgan fingerprint density at radius 2 is 2.06 bits per heavy atom. The van der Waals surface area contributed by atoms with E-state index < -0.39 is 0 Å². The molecule has 0 aliphatic carbocycles. The standard InChI is InChI=1S/C13H14O3/c1-9-11(13(14)15-2)8-16-12(9)10-6-4-3-5-7-10/h3-7,12H,8H2,1-2H3. The van der Waals surface area contributed by atoms with Crippen LogP contribution in [0.25, 0.3) is 0 Å². The fourth-order valence-corrected chi connectivity index (χ4v) is 1.88. The predicted molar refractivity (Wildman–Crippen MR) is 59.9 cm³/mol. The largest absolute Gasteiger partial charge is 0.466 e. The number of hydrogen-bond acceptors (Lipinski definition) is 3. The minimum absolute atomic E-state index is 0.115. The van der Waals surface area contributed by atoms with Crippen LogP contribution < -0.4 is 0 Å². The van der Waals surface area contributed by atoms with Crippen molar-refractivity contribution in [1.82, 2.24) is 0 Å². The number of benzene rings is 1. The van der Waals surface area contributed by atoms with Gasteiger partial charge in [0.2, 0.25) is 0 Å². The molecule has 1 heterocycles. The minimum Gasteiger partial charge on any atom is -0.466 e. The molecule has 1 atom stereocenters. The summed E-state index contributed by atoms with van der Waals surface area (Å²) < 4.78 is 10.3. The summed E-state index contributed by atoms with van der Waals surface area (Å²) in [6.45, 7) is 2.25. The highest BCUT2D eigenvalue weighted by Gasteiger charge is 2.28. The Hall–Kier alpha value is -1.61. The molecule has 0 N–H and O–H groups in total. The van der Waals surface area contributed by atoms with Gasteiger partial charge in [-0.1, -0.05) is 30.3 Å². The first-order valence-electron chi connectivity index (χ1n) is 5.18. The zero-order valence-corrected chi connectivity index (χ0v) is 9.40. The maximum atomic E-state index is 11.4. The molecule has 1 aliphatic rings. The SMILES string of the molecule is COC(=O)C1=C(C)C(c2ccccc2)OC1. The molecule has 16 heavy (non-hydrogen) atoms. The second-order valence-electron chi connectivity index (χ2n) is 3.75. The van der Waals surface area contributed by atoms with Gasteiger partial charge in [-0.05, 0) is 18.1 Å². The van der Waals surface area contributed by atoms with Crippen LogP contribution in [0.5, 0.6) is 0 Å². The molecule has 0 bridgehead atoms. The Labute approximate surface area is 94.7 Å². The number of ether oxygens (including phenoxy) is 2. The van der Waals surface area contributed by atoms with Gasteiger partial charge in [-0.3, -0.25) is 0 Å². The molecule has 84 valence electrons. The molecule has 0 spiro atoms. The summed E-state index contributed by atoms with van der Waals surface area (Å²) in [7, 11) is 1.39. The van der Waals surface area contributed by atoms with Gasteiger partial charge in [0.15, 0.2) is 0 Å². The first kappa shape index (κ1) is 10.9. The lowest BCUT2D eigenvalue weighted by atomic mass is 10.0. The van der Waals surface area contributed by atoms with Gasteiger partial charge in [-0.2, -0.15) is 0 Å². The Morgan fingerprint density at radius 3 is 2.69 bits per heavy atom. The van der Waals surface area contributed by atoms with E-state index in [2.05, 4.69) is 0 Å². The third-order valence-electron chi connectivity index (χ3n) is 2.80. The van der Waals surface area contributed by atoms with E-state index in [1.54, 1.807) is 0 Å². The maximum absolute atomic E-state index is 11.4. The summed E-state index contributed by atoms with van der Waals surface area (Å²) in [5, 5.41) is 0. The van der Waals surface area contributed by atoms with Crippen molar-refractivity contribution in [1.29, 1.82) is 0 Å². The topological polar surface area (TPSA) is 35.5 Å². The summed E-state index contributed by atoms with van der Waals surface area (Å²) in [5.41, 5.74) is 2.65. The molecule has 0 saturated heterocycles. The van der Waals surface area contributed by atoms with Crippen LogP contribution in [0, 0.1) is 0 Å². The van der Waals surface area contributed by atoms with Crippen LogP contribution in [0.2, 0.25) is 0 Å². The third kappa shape index (κ3) is 1.86. The molecule has 3 nitrogen and oxygen atoms in total. The first-order valence-corrected chi connectivity index (χ1v) is 5.18. The first-order chi connectivity index (χ1) is 7.74. The molecule has 1 aromatic rings. The van der Waals surface area contributed by atoms with E-state index in [4.69, 9.17) is 9.47 Å². The zero-order valence-electron chi connectivity index (χ0n) is 9.40. The van der Waals surface area contributed by atoms with Crippen molar-refractivity contribution in [3.63, 3.8) is 0 Å². The zero-order chi connectivity index (χ0) is 11.5. The van der Waals surface area contributed by atoms with Crippen LogP contribution in [-0.2, 0) is 14.3 Å². The van der Waals surface area contributed by atoms with Crippen molar-refractivity contribution in [2.45, 2.75) is 13.0 Å². The highest BCUT2D eigenvalue weighted by Crippen LogP contribution is 2.33. The van der Waals surface area contributed by atoms with Gasteiger partial charge in [-0.15, -0.1) is 0 Å². The monoisotopic (exact) mass is 218 g/mol.